The highest BCUT2D eigenvalue weighted by atomic mass is 16.7. The number of fused-ring (bicyclic) bond motifs is 2. The van der Waals surface area contributed by atoms with Crippen LogP contribution in [-0.2, 0) is 19.0 Å². The molecule has 2 amide bonds. The number of rotatable bonds is 22. The Morgan fingerprint density at radius 2 is 1.71 bits per heavy atom. The molecule has 62 heavy (non-hydrogen) atoms. The molecule has 1 aliphatic heterocycles. The maximum atomic E-state index is 13.9. The molecule has 1 saturated carbocycles. The predicted octanol–water partition coefficient (Wildman–Crippen LogP) is 6.82. The van der Waals surface area contributed by atoms with E-state index in [0.29, 0.717) is 47.9 Å². The molecule has 16 nitrogen and oxygen atoms in total. The number of carbonyl (C=O) groups is 2. The van der Waals surface area contributed by atoms with Crippen LogP contribution in [0.1, 0.15) is 77.2 Å². The van der Waals surface area contributed by atoms with Crippen LogP contribution in [0.2, 0.25) is 0 Å². The maximum absolute atomic E-state index is 13.9. The molecule has 0 unspecified atom stereocenters. The maximum Gasteiger partial charge on any atom is 0.417 e. The summed E-state index contributed by atoms with van der Waals surface area (Å²) >= 11 is 0. The van der Waals surface area contributed by atoms with Crippen LogP contribution < -0.4 is 24.3 Å². The zero-order chi connectivity index (χ0) is 44.9. The van der Waals surface area contributed by atoms with E-state index in [4.69, 9.17) is 43.2 Å². The minimum atomic E-state index is -1.54. The summed E-state index contributed by atoms with van der Waals surface area (Å²) < 4.78 is 41.9. The van der Waals surface area contributed by atoms with Crippen LogP contribution in [0.4, 0.5) is 15.3 Å². The van der Waals surface area contributed by atoms with Crippen molar-refractivity contribution in [1.29, 1.82) is 0 Å². The second kappa shape index (κ2) is 22.5. The molecule has 0 spiro atoms. The topological polar surface area (TPSA) is 196 Å². The largest absolute Gasteiger partial charge is 0.497 e. The molecule has 16 heteroatoms. The molecular weight excluding hydrogens is 803 g/mol. The number of aliphatic hydroxyl groups excluding tert-OH is 3. The minimum absolute atomic E-state index is 0.0186. The normalized spacial score (nSPS) is 23.2. The molecule has 2 aromatic carbocycles. The van der Waals surface area contributed by atoms with Crippen molar-refractivity contribution in [3.8, 4) is 23.0 Å². The molecule has 1 fully saturated rings. The molecule has 0 saturated heterocycles. The number of aliphatic hydroxyl groups is 3. The third kappa shape index (κ3) is 11.4. The average molecular weight is 868 g/mol. The summed E-state index contributed by atoms with van der Waals surface area (Å²) in [5, 5.41) is 36.8. The van der Waals surface area contributed by atoms with E-state index in [2.05, 4.69) is 18.0 Å². The zero-order valence-corrected chi connectivity index (χ0v) is 36.9. The number of allylic oxidation sites excluding steroid dienone is 1. The van der Waals surface area contributed by atoms with Crippen molar-refractivity contribution in [2.45, 2.75) is 89.1 Å². The molecule has 3 aliphatic rings. The lowest BCUT2D eigenvalue weighted by Crippen LogP contribution is -2.70. The lowest BCUT2D eigenvalue weighted by Gasteiger charge is -2.59. The summed E-state index contributed by atoms with van der Waals surface area (Å²) in [6, 6.07) is 9.38. The van der Waals surface area contributed by atoms with Gasteiger partial charge in [0, 0.05) is 43.7 Å². The summed E-state index contributed by atoms with van der Waals surface area (Å²) in [5.41, 5.74) is 1.94. The number of benzene rings is 2. The Morgan fingerprint density at radius 3 is 2.37 bits per heavy atom. The van der Waals surface area contributed by atoms with Crippen molar-refractivity contribution in [2.24, 2.45) is 22.9 Å². The second-order valence-corrected chi connectivity index (χ2v) is 16.6. The van der Waals surface area contributed by atoms with Crippen molar-refractivity contribution in [2.75, 3.05) is 72.8 Å². The predicted molar refractivity (Wildman–Crippen MR) is 232 cm³/mol. The summed E-state index contributed by atoms with van der Waals surface area (Å²) in [6.07, 6.45) is 6.80. The number of hydrogen-bond donors (Lipinski definition) is 4. The van der Waals surface area contributed by atoms with Gasteiger partial charge in [-0.1, -0.05) is 30.1 Å². The summed E-state index contributed by atoms with van der Waals surface area (Å²) in [6.45, 7) is 9.89. The van der Waals surface area contributed by atoms with Crippen molar-refractivity contribution in [3.05, 3.63) is 66.3 Å². The van der Waals surface area contributed by atoms with Gasteiger partial charge in [-0.2, -0.15) is 0 Å². The number of nitrogens with one attached hydrogen (secondary N) is 1. The lowest BCUT2D eigenvalue weighted by molar-refractivity contribution is -0.256. The average Bonchev–Trinajstić information content (AvgIpc) is 3.26. The molecule has 0 bridgehead atoms. The minimum Gasteiger partial charge on any atom is -0.497 e. The number of carbonyl (C=O) groups excluding carboxylic acids is 2. The molecule has 2 aliphatic carbocycles. The monoisotopic (exact) mass is 867 g/mol. The Hall–Kier alpha value is -4.87. The first-order valence-electron chi connectivity index (χ1n) is 21.4. The van der Waals surface area contributed by atoms with Crippen molar-refractivity contribution >= 4 is 23.6 Å². The van der Waals surface area contributed by atoms with Crippen LogP contribution in [-0.4, -0.2) is 123 Å². The highest BCUT2D eigenvalue weighted by molar-refractivity contribution is 6.03. The second-order valence-electron chi connectivity index (χ2n) is 16.6. The van der Waals surface area contributed by atoms with Gasteiger partial charge < -0.3 is 53.3 Å². The first-order valence-corrected chi connectivity index (χ1v) is 21.4. The van der Waals surface area contributed by atoms with E-state index in [0.717, 1.165) is 30.4 Å². The van der Waals surface area contributed by atoms with Gasteiger partial charge in [-0.25, -0.2) is 9.59 Å². The zero-order valence-electron chi connectivity index (χ0n) is 36.9. The number of hydrogen-bond acceptors (Lipinski definition) is 14. The third-order valence-electron chi connectivity index (χ3n) is 11.4. The fraction of sp³-hybridized carbons (Fsp3) is 0.587. The van der Waals surface area contributed by atoms with Gasteiger partial charge in [0.25, 0.3) is 0 Å². The highest BCUT2D eigenvalue weighted by Crippen LogP contribution is 2.62. The molecule has 4 N–H and O–H groups in total. The highest BCUT2D eigenvalue weighted by Gasteiger charge is 2.65. The van der Waals surface area contributed by atoms with Gasteiger partial charge in [0.1, 0.15) is 34.6 Å². The molecule has 5 rings (SSSR count). The van der Waals surface area contributed by atoms with Gasteiger partial charge in [-0.15, -0.1) is 6.58 Å². The molecule has 2 aromatic rings. The number of oxime groups is 1. The molecule has 342 valence electrons. The number of unbranched alkanes of at least 4 members (excludes halogenated alkanes) is 2. The lowest BCUT2D eigenvalue weighted by atomic mass is 9.55. The van der Waals surface area contributed by atoms with Crippen LogP contribution in [0, 0.1) is 17.8 Å². The molecule has 0 aromatic heterocycles. The van der Waals surface area contributed by atoms with E-state index in [1.807, 2.05) is 26.8 Å². The van der Waals surface area contributed by atoms with E-state index in [-0.39, 0.29) is 76.1 Å². The van der Waals surface area contributed by atoms with E-state index < -0.39 is 35.5 Å². The van der Waals surface area contributed by atoms with Gasteiger partial charge in [0.05, 0.1) is 65.1 Å². The number of methoxy groups -OCH3 is 3. The van der Waals surface area contributed by atoms with E-state index in [9.17, 15) is 24.9 Å². The molecular formula is C46H65N3O13. The smallest absolute Gasteiger partial charge is 0.417 e. The van der Waals surface area contributed by atoms with E-state index in [1.165, 1.54) is 26.2 Å². The van der Waals surface area contributed by atoms with Crippen LogP contribution in [0.15, 0.2) is 65.9 Å². The molecule has 6 atom stereocenters. The molecule has 0 radical (unpaired) electrons. The number of nitrogens with zero attached hydrogens (tertiary/aromatic N) is 2. The van der Waals surface area contributed by atoms with Crippen LogP contribution >= 0.6 is 0 Å². The Morgan fingerprint density at radius 1 is 0.968 bits per heavy atom. The number of ether oxygens (including phenoxy) is 7. The van der Waals surface area contributed by atoms with Crippen LogP contribution in [0.5, 0.6) is 23.0 Å². The van der Waals surface area contributed by atoms with Gasteiger partial charge in [0.15, 0.2) is 0 Å². The first-order chi connectivity index (χ1) is 29.9. The third-order valence-corrected chi connectivity index (χ3v) is 11.4. The SMILES string of the molecule is C=CCO[C@@]12Oc3ccc(OC(=O)Nc4ccc(OC)cc4OC)cc3[C@H]3[C@H](CCCCO)[C@@H](CCCCO)C=C(C(=NOC(C)(C)C)C[C@@H]1N(CCOCCO)C(=O)OC)[C@H]32. The van der Waals surface area contributed by atoms with Gasteiger partial charge >= 0.3 is 12.2 Å². The van der Waals surface area contributed by atoms with Crippen molar-refractivity contribution in [3.63, 3.8) is 0 Å². The number of anilines is 1. The summed E-state index contributed by atoms with van der Waals surface area (Å²) in [5.74, 6) is -0.941. The van der Waals surface area contributed by atoms with E-state index >= 15 is 0 Å². The van der Waals surface area contributed by atoms with Crippen molar-refractivity contribution < 1.29 is 62.9 Å². The van der Waals surface area contributed by atoms with Gasteiger partial charge in [-0.3, -0.25) is 10.2 Å². The molecule has 1 heterocycles. The Balaban J connectivity index is 1.72. The van der Waals surface area contributed by atoms with Gasteiger partial charge in [0.2, 0.25) is 5.79 Å². The Kier molecular flexibility index (Phi) is 17.5. The Bertz CT molecular complexity index is 1880. The first kappa shape index (κ1) is 48.2. The summed E-state index contributed by atoms with van der Waals surface area (Å²) in [4.78, 5) is 35.1. The van der Waals surface area contributed by atoms with Crippen molar-refractivity contribution in [1.82, 2.24) is 4.90 Å². The van der Waals surface area contributed by atoms with Gasteiger partial charge in [-0.05, 0) is 94.2 Å². The van der Waals surface area contributed by atoms with E-state index in [1.54, 1.807) is 36.4 Å². The fourth-order valence-electron chi connectivity index (χ4n) is 8.87. The standard InChI is InChI=1S/C46H65N3O13/c1-8-23-59-46-40(49(44(54)57-7)19-24-58-25-22-52)29-37(48-62-45(2,3)4)34-26-30(13-9-11-20-50)33(14-10-12-21-51)41(42(34)46)35-27-32(16-18-38(35)61-46)60-43(53)47-36-17-15-31(55-5)28-39(36)56-6/h8,15-18,26-28,30,33,40-42,50-52H,1,9-14,19-25,29H2,2-7H3,(H,47,53)/t30-,33+,40-,41+,42+,46+/m0/s1. The summed E-state index contributed by atoms with van der Waals surface area (Å²) in [7, 11) is 4.34. The van der Waals surface area contributed by atoms with Crippen LogP contribution in [0.25, 0.3) is 0 Å². The van der Waals surface area contributed by atoms with Crippen LogP contribution in [0.3, 0.4) is 0 Å². The number of amides is 2. The fourth-order valence-corrected chi connectivity index (χ4v) is 8.87. The Labute approximate surface area is 364 Å². The quantitative estimate of drug-likeness (QED) is 0.0547.